The van der Waals surface area contributed by atoms with Crippen LogP contribution in [0.3, 0.4) is 0 Å². The van der Waals surface area contributed by atoms with Gasteiger partial charge in [0.05, 0.1) is 16.8 Å². The van der Waals surface area contributed by atoms with Crippen LogP contribution in [-0.4, -0.2) is 25.7 Å². The lowest BCUT2D eigenvalue weighted by Crippen LogP contribution is -2.06. The topological polar surface area (TPSA) is 39.8 Å². The van der Waals surface area contributed by atoms with Crippen molar-refractivity contribution in [3.63, 3.8) is 0 Å². The Balaban J connectivity index is 1.45. The van der Waals surface area contributed by atoms with Crippen LogP contribution in [0.1, 0.15) is 21.7 Å². The molecule has 0 aliphatic heterocycles. The molecule has 0 atom stereocenters. The number of imidazole rings is 1. The molecule has 164 valence electrons. The highest BCUT2D eigenvalue weighted by Gasteiger charge is 2.19. The number of aryl methyl sites for hydroxylation is 1. The Hall–Kier alpha value is -3.64. The number of carbonyl (C=O) groups is 1. The van der Waals surface area contributed by atoms with Crippen molar-refractivity contribution >= 4 is 28.6 Å². The summed E-state index contributed by atoms with van der Waals surface area (Å²) in [5.74, 6) is 0.0208. The van der Waals surface area contributed by atoms with Gasteiger partial charge >= 0.3 is 0 Å². The van der Waals surface area contributed by atoms with Crippen LogP contribution < -0.4 is 0 Å². The van der Waals surface area contributed by atoms with Crippen LogP contribution in [0.15, 0.2) is 90.1 Å². The zero-order valence-electron chi connectivity index (χ0n) is 18.3. The summed E-state index contributed by atoms with van der Waals surface area (Å²) in [6, 6.07) is 26.2. The minimum absolute atomic E-state index is 0.0353. The number of nitrogens with zero attached hydrogens (tertiary/aromatic N) is 3. The molecule has 0 spiro atoms. The summed E-state index contributed by atoms with van der Waals surface area (Å²) in [6.07, 6.45) is 0. The van der Waals surface area contributed by atoms with Crippen LogP contribution in [0.2, 0.25) is 0 Å². The minimum Gasteiger partial charge on any atom is -0.318 e. The van der Waals surface area contributed by atoms with E-state index in [1.807, 2.05) is 79.1 Å². The Bertz CT molecular complexity index is 1450. The molecule has 6 heteroatoms. The summed E-state index contributed by atoms with van der Waals surface area (Å²) < 4.78 is 17.4. The van der Waals surface area contributed by atoms with Crippen molar-refractivity contribution in [2.45, 2.75) is 19.0 Å². The molecule has 0 saturated carbocycles. The number of halogens is 1. The first-order valence-electron chi connectivity index (χ1n) is 10.7. The van der Waals surface area contributed by atoms with Crippen molar-refractivity contribution in [2.75, 3.05) is 5.75 Å². The van der Waals surface area contributed by atoms with Crippen LogP contribution in [0.25, 0.3) is 22.4 Å². The van der Waals surface area contributed by atoms with E-state index in [1.165, 1.54) is 23.9 Å². The van der Waals surface area contributed by atoms with Crippen molar-refractivity contribution in [1.82, 2.24) is 14.1 Å². The van der Waals surface area contributed by atoms with Gasteiger partial charge < -0.3 is 4.57 Å². The van der Waals surface area contributed by atoms with E-state index in [4.69, 9.17) is 4.98 Å². The first-order chi connectivity index (χ1) is 16.0. The van der Waals surface area contributed by atoms with E-state index in [9.17, 15) is 9.18 Å². The lowest BCUT2D eigenvalue weighted by atomic mass is 10.2. The number of rotatable bonds is 6. The minimum atomic E-state index is -0.282. The van der Waals surface area contributed by atoms with E-state index in [-0.39, 0.29) is 17.4 Å². The second-order valence-electron chi connectivity index (χ2n) is 7.86. The van der Waals surface area contributed by atoms with E-state index < -0.39 is 0 Å². The van der Waals surface area contributed by atoms with Crippen molar-refractivity contribution in [3.05, 3.63) is 108 Å². The van der Waals surface area contributed by atoms with Crippen LogP contribution in [0.4, 0.5) is 4.39 Å². The van der Waals surface area contributed by atoms with Gasteiger partial charge in [0.2, 0.25) is 0 Å². The van der Waals surface area contributed by atoms with Crippen LogP contribution >= 0.6 is 11.8 Å². The van der Waals surface area contributed by atoms with Crippen LogP contribution in [0.5, 0.6) is 0 Å². The molecule has 0 amide bonds. The van der Waals surface area contributed by atoms with E-state index >= 15 is 0 Å². The molecule has 2 aromatic heterocycles. The van der Waals surface area contributed by atoms with Gasteiger partial charge in [0, 0.05) is 28.3 Å². The van der Waals surface area contributed by atoms with Gasteiger partial charge in [-0.2, -0.15) is 0 Å². The number of hydrogen-bond donors (Lipinski definition) is 0. The second-order valence-corrected chi connectivity index (χ2v) is 8.81. The lowest BCUT2D eigenvalue weighted by molar-refractivity contribution is 0.102. The van der Waals surface area contributed by atoms with E-state index in [0.29, 0.717) is 5.56 Å². The zero-order chi connectivity index (χ0) is 22.9. The van der Waals surface area contributed by atoms with Gasteiger partial charge in [-0.25, -0.2) is 9.37 Å². The molecule has 0 aliphatic rings. The third kappa shape index (κ3) is 3.98. The number of aromatic nitrogens is 3. The quantitative estimate of drug-likeness (QED) is 0.215. The predicted molar refractivity (Wildman–Crippen MR) is 131 cm³/mol. The van der Waals surface area contributed by atoms with Gasteiger partial charge in [0.15, 0.2) is 10.9 Å². The molecular formula is C27H22FN3OS. The molecule has 0 N–H and O–H groups in total. The van der Waals surface area contributed by atoms with Gasteiger partial charge in [-0.3, -0.25) is 9.36 Å². The molecule has 0 unspecified atom stereocenters. The maximum Gasteiger partial charge on any atom is 0.175 e. The highest BCUT2D eigenvalue weighted by Crippen LogP contribution is 2.29. The second kappa shape index (κ2) is 8.71. The Kier molecular flexibility index (Phi) is 5.60. The first-order valence-corrected chi connectivity index (χ1v) is 11.7. The fourth-order valence-electron chi connectivity index (χ4n) is 4.17. The number of hydrogen-bond acceptors (Lipinski definition) is 3. The third-order valence-electron chi connectivity index (χ3n) is 5.69. The number of ketones is 1. The predicted octanol–water partition coefficient (Wildman–Crippen LogP) is 6.55. The molecule has 5 aromatic rings. The SMILES string of the molecule is Cc1cc(C(=O)CSc2nc3ccccc3n2-c2ccccc2)c(C)n1-c1ccc(F)cc1. The average Bonchev–Trinajstić information content (AvgIpc) is 3.35. The molecule has 5 rings (SSSR count). The third-order valence-corrected chi connectivity index (χ3v) is 6.63. The monoisotopic (exact) mass is 455 g/mol. The highest BCUT2D eigenvalue weighted by molar-refractivity contribution is 7.99. The van der Waals surface area contributed by atoms with E-state index in [1.54, 1.807) is 12.1 Å². The van der Waals surface area contributed by atoms with Crippen LogP contribution in [-0.2, 0) is 0 Å². The molecule has 0 aliphatic carbocycles. The van der Waals surface area contributed by atoms with Crippen molar-refractivity contribution in [3.8, 4) is 11.4 Å². The average molecular weight is 456 g/mol. The number of para-hydroxylation sites is 3. The number of benzene rings is 3. The van der Waals surface area contributed by atoms with Crippen molar-refractivity contribution in [1.29, 1.82) is 0 Å². The number of carbonyl (C=O) groups excluding carboxylic acids is 1. The molecule has 0 saturated heterocycles. The standard InChI is InChI=1S/C27H22FN3OS/c1-18-16-23(19(2)30(18)22-14-12-20(28)13-15-22)26(32)17-33-27-29-24-10-6-7-11-25(24)31(27)21-8-4-3-5-9-21/h3-16H,17H2,1-2H3. The molecule has 2 heterocycles. The number of Topliss-reactive ketones (excluding diaryl/α,β-unsaturated/α-hetero) is 1. The molecule has 4 nitrogen and oxygen atoms in total. The van der Waals surface area contributed by atoms with E-state index in [2.05, 4.69) is 4.57 Å². The number of fused-ring (bicyclic) bond motifs is 1. The number of thioether (sulfide) groups is 1. The molecule has 33 heavy (non-hydrogen) atoms. The lowest BCUT2D eigenvalue weighted by Gasteiger charge is -2.10. The van der Waals surface area contributed by atoms with Gasteiger partial charge in [-0.1, -0.05) is 42.1 Å². The first kappa shape index (κ1) is 21.2. The molecule has 3 aromatic carbocycles. The fraction of sp³-hybridized carbons (Fsp3) is 0.111. The molecule has 0 bridgehead atoms. The van der Waals surface area contributed by atoms with Crippen LogP contribution in [0, 0.1) is 19.7 Å². The summed E-state index contributed by atoms with van der Waals surface area (Å²) in [7, 11) is 0. The maximum absolute atomic E-state index is 13.4. The largest absolute Gasteiger partial charge is 0.318 e. The van der Waals surface area contributed by atoms with Crippen molar-refractivity contribution < 1.29 is 9.18 Å². The summed E-state index contributed by atoms with van der Waals surface area (Å²) >= 11 is 1.44. The normalized spacial score (nSPS) is 11.2. The van der Waals surface area contributed by atoms with Gasteiger partial charge in [-0.05, 0) is 68.4 Å². The Morgan fingerprint density at radius 1 is 0.879 bits per heavy atom. The van der Waals surface area contributed by atoms with Crippen molar-refractivity contribution in [2.24, 2.45) is 0 Å². The molecule has 0 fully saturated rings. The Morgan fingerprint density at radius 3 is 2.30 bits per heavy atom. The highest BCUT2D eigenvalue weighted by atomic mass is 32.2. The molecule has 0 radical (unpaired) electrons. The van der Waals surface area contributed by atoms with E-state index in [0.717, 1.165) is 39.0 Å². The van der Waals surface area contributed by atoms with Gasteiger partial charge in [0.25, 0.3) is 0 Å². The molecular weight excluding hydrogens is 433 g/mol. The smallest absolute Gasteiger partial charge is 0.175 e. The summed E-state index contributed by atoms with van der Waals surface area (Å²) in [4.78, 5) is 18.0. The van der Waals surface area contributed by atoms with Gasteiger partial charge in [0.1, 0.15) is 5.82 Å². The van der Waals surface area contributed by atoms with Gasteiger partial charge in [-0.15, -0.1) is 0 Å². The summed E-state index contributed by atoms with van der Waals surface area (Å²) in [5.41, 5.74) is 6.20. The summed E-state index contributed by atoms with van der Waals surface area (Å²) in [6.45, 7) is 3.88. The maximum atomic E-state index is 13.4. The zero-order valence-corrected chi connectivity index (χ0v) is 19.1. The Labute approximate surface area is 195 Å². The Morgan fingerprint density at radius 2 is 1.55 bits per heavy atom. The fourth-order valence-corrected chi connectivity index (χ4v) is 5.08. The summed E-state index contributed by atoms with van der Waals surface area (Å²) in [5, 5.41) is 0.781.